The zero-order chi connectivity index (χ0) is 39.4. The van der Waals surface area contributed by atoms with Crippen LogP contribution >= 0.6 is 0 Å². The third-order valence-electron chi connectivity index (χ3n) is 11.3. The SMILES string of the molecule is c1ccc(-c2ccc(N(c3ccc(-c4ccc(-c5ccccc5-c5ccccc5)cc4)cc3)c3ccc(-c4cccc5cccc(-c6ccccc6)c45)cc3)cc2)cc1. The summed E-state index contributed by atoms with van der Waals surface area (Å²) in [5.41, 5.74) is 17.8. The average Bonchev–Trinajstić information content (AvgIpc) is 3.33. The molecule has 0 atom stereocenters. The molecular weight excluding hydrogens is 711 g/mol. The summed E-state index contributed by atoms with van der Waals surface area (Å²) in [4.78, 5) is 2.35. The molecule has 278 valence electrons. The molecule has 0 fully saturated rings. The Balaban J connectivity index is 0.996. The second kappa shape index (κ2) is 16.0. The second-order valence-corrected chi connectivity index (χ2v) is 14.9. The predicted molar refractivity (Wildman–Crippen MR) is 251 cm³/mol. The lowest BCUT2D eigenvalue weighted by molar-refractivity contribution is 1.28. The van der Waals surface area contributed by atoms with Gasteiger partial charge in [0, 0.05) is 17.1 Å². The second-order valence-electron chi connectivity index (χ2n) is 14.9. The maximum atomic E-state index is 2.35. The molecule has 0 radical (unpaired) electrons. The molecule has 0 aliphatic heterocycles. The van der Waals surface area contributed by atoms with E-state index < -0.39 is 0 Å². The Morgan fingerprint density at radius 1 is 0.186 bits per heavy atom. The first-order chi connectivity index (χ1) is 29.3. The summed E-state index contributed by atoms with van der Waals surface area (Å²) < 4.78 is 0. The molecule has 0 bridgehead atoms. The van der Waals surface area contributed by atoms with Crippen molar-refractivity contribution in [3.05, 3.63) is 249 Å². The Hall–Kier alpha value is -7.74. The van der Waals surface area contributed by atoms with Gasteiger partial charge in [-0.05, 0) is 114 Å². The Morgan fingerprint density at radius 2 is 0.458 bits per heavy atom. The number of hydrogen-bond acceptors (Lipinski definition) is 1. The average molecular weight is 752 g/mol. The fraction of sp³-hybridized carbons (Fsp3) is 0. The van der Waals surface area contributed by atoms with Gasteiger partial charge in [-0.1, -0.05) is 212 Å². The molecule has 1 heteroatoms. The lowest BCUT2D eigenvalue weighted by atomic mass is 9.91. The Kier molecular flexibility index (Phi) is 9.68. The van der Waals surface area contributed by atoms with Gasteiger partial charge in [0.15, 0.2) is 0 Å². The van der Waals surface area contributed by atoms with Gasteiger partial charge in [-0.2, -0.15) is 0 Å². The fourth-order valence-electron chi connectivity index (χ4n) is 8.36. The fourth-order valence-corrected chi connectivity index (χ4v) is 8.36. The zero-order valence-electron chi connectivity index (χ0n) is 32.6. The van der Waals surface area contributed by atoms with Gasteiger partial charge in [-0.3, -0.25) is 0 Å². The molecule has 10 aromatic rings. The van der Waals surface area contributed by atoms with E-state index in [1.165, 1.54) is 77.5 Å². The number of benzene rings is 10. The van der Waals surface area contributed by atoms with E-state index >= 15 is 0 Å². The van der Waals surface area contributed by atoms with Gasteiger partial charge in [0.1, 0.15) is 0 Å². The number of fused-ring (bicyclic) bond motifs is 1. The van der Waals surface area contributed by atoms with Crippen molar-refractivity contribution in [1.82, 2.24) is 0 Å². The molecule has 0 heterocycles. The molecule has 0 amide bonds. The van der Waals surface area contributed by atoms with Crippen molar-refractivity contribution in [3.8, 4) is 66.8 Å². The van der Waals surface area contributed by atoms with Crippen LogP contribution in [0.3, 0.4) is 0 Å². The molecule has 0 aliphatic rings. The molecule has 0 spiro atoms. The van der Waals surface area contributed by atoms with Crippen LogP contribution < -0.4 is 4.90 Å². The van der Waals surface area contributed by atoms with Crippen molar-refractivity contribution in [2.75, 3.05) is 4.90 Å². The minimum atomic E-state index is 1.10. The molecule has 0 aliphatic carbocycles. The van der Waals surface area contributed by atoms with Gasteiger partial charge < -0.3 is 4.90 Å². The van der Waals surface area contributed by atoms with Gasteiger partial charge in [0.2, 0.25) is 0 Å². The smallest absolute Gasteiger partial charge is 0.0462 e. The number of rotatable bonds is 9. The van der Waals surface area contributed by atoms with E-state index in [2.05, 4.69) is 254 Å². The van der Waals surface area contributed by atoms with Crippen LogP contribution in [0.2, 0.25) is 0 Å². The number of hydrogen-bond donors (Lipinski definition) is 0. The first-order valence-electron chi connectivity index (χ1n) is 20.3. The summed E-state index contributed by atoms with van der Waals surface area (Å²) in [6.07, 6.45) is 0. The van der Waals surface area contributed by atoms with Crippen molar-refractivity contribution >= 4 is 27.8 Å². The Morgan fingerprint density at radius 3 is 0.898 bits per heavy atom. The largest absolute Gasteiger partial charge is 0.311 e. The van der Waals surface area contributed by atoms with E-state index in [9.17, 15) is 0 Å². The van der Waals surface area contributed by atoms with Crippen molar-refractivity contribution in [2.24, 2.45) is 0 Å². The molecule has 0 N–H and O–H groups in total. The summed E-state index contributed by atoms with van der Waals surface area (Å²) in [5, 5.41) is 2.51. The van der Waals surface area contributed by atoms with Crippen molar-refractivity contribution in [1.29, 1.82) is 0 Å². The highest BCUT2D eigenvalue weighted by atomic mass is 15.1. The van der Waals surface area contributed by atoms with E-state index in [4.69, 9.17) is 0 Å². The highest BCUT2D eigenvalue weighted by molar-refractivity contribution is 6.06. The van der Waals surface area contributed by atoms with Gasteiger partial charge in [-0.25, -0.2) is 0 Å². The van der Waals surface area contributed by atoms with E-state index in [1.807, 2.05) is 0 Å². The third kappa shape index (κ3) is 7.23. The number of anilines is 3. The lowest BCUT2D eigenvalue weighted by Gasteiger charge is -2.26. The molecule has 10 aromatic carbocycles. The van der Waals surface area contributed by atoms with E-state index in [-0.39, 0.29) is 0 Å². The molecule has 1 nitrogen and oxygen atoms in total. The van der Waals surface area contributed by atoms with Crippen LogP contribution in [-0.2, 0) is 0 Å². The van der Waals surface area contributed by atoms with Gasteiger partial charge in [-0.15, -0.1) is 0 Å². The van der Waals surface area contributed by atoms with Gasteiger partial charge in [0.25, 0.3) is 0 Å². The minimum absolute atomic E-state index is 1.10. The van der Waals surface area contributed by atoms with Crippen molar-refractivity contribution < 1.29 is 0 Å². The highest BCUT2D eigenvalue weighted by Gasteiger charge is 2.16. The van der Waals surface area contributed by atoms with Crippen LogP contribution in [-0.4, -0.2) is 0 Å². The normalized spacial score (nSPS) is 11.1. The predicted octanol–water partition coefficient (Wildman–Crippen LogP) is 16.3. The summed E-state index contributed by atoms with van der Waals surface area (Å²) in [6, 6.07) is 89.6. The summed E-state index contributed by atoms with van der Waals surface area (Å²) in [6.45, 7) is 0. The van der Waals surface area contributed by atoms with Crippen molar-refractivity contribution in [2.45, 2.75) is 0 Å². The standard InChI is InChI=1S/C58H41N/c1-4-14-42(15-5-1)44-30-36-51(37-31-44)59(53-40-34-49(35-41-53)57-25-13-21-50-20-12-24-56(58(50)57)47-18-8-3-9-19-47)52-38-32-45(33-39-52)43-26-28-48(29-27-43)55-23-11-10-22-54(55)46-16-6-2-7-17-46/h1-41H. The Labute approximate surface area is 346 Å². The number of nitrogens with zero attached hydrogens (tertiary/aromatic N) is 1. The summed E-state index contributed by atoms with van der Waals surface area (Å²) in [5.74, 6) is 0. The van der Waals surface area contributed by atoms with Crippen LogP contribution in [0.5, 0.6) is 0 Å². The molecule has 10 rings (SSSR count). The zero-order valence-corrected chi connectivity index (χ0v) is 32.6. The summed E-state index contributed by atoms with van der Waals surface area (Å²) in [7, 11) is 0. The van der Waals surface area contributed by atoms with Crippen molar-refractivity contribution in [3.63, 3.8) is 0 Å². The maximum absolute atomic E-state index is 2.35. The van der Waals surface area contributed by atoms with Crippen LogP contribution in [0, 0.1) is 0 Å². The molecular formula is C58H41N. The van der Waals surface area contributed by atoms with Gasteiger partial charge in [0.05, 0.1) is 0 Å². The quantitative estimate of drug-likeness (QED) is 0.142. The monoisotopic (exact) mass is 751 g/mol. The summed E-state index contributed by atoms with van der Waals surface area (Å²) >= 11 is 0. The van der Waals surface area contributed by atoms with Crippen LogP contribution in [0.4, 0.5) is 17.1 Å². The molecule has 0 saturated carbocycles. The first-order valence-corrected chi connectivity index (χ1v) is 20.3. The van der Waals surface area contributed by atoms with E-state index in [0.717, 1.165) is 17.1 Å². The van der Waals surface area contributed by atoms with Crippen LogP contribution in [0.15, 0.2) is 249 Å². The van der Waals surface area contributed by atoms with Crippen LogP contribution in [0.25, 0.3) is 77.5 Å². The highest BCUT2D eigenvalue weighted by Crippen LogP contribution is 2.41. The van der Waals surface area contributed by atoms with Gasteiger partial charge >= 0.3 is 0 Å². The minimum Gasteiger partial charge on any atom is -0.311 e. The molecule has 0 unspecified atom stereocenters. The van der Waals surface area contributed by atoms with E-state index in [1.54, 1.807) is 0 Å². The Bertz CT molecular complexity index is 2970. The first kappa shape index (κ1) is 35.7. The third-order valence-corrected chi connectivity index (χ3v) is 11.3. The van der Waals surface area contributed by atoms with E-state index in [0.29, 0.717) is 0 Å². The maximum Gasteiger partial charge on any atom is 0.0462 e. The topological polar surface area (TPSA) is 3.24 Å². The lowest BCUT2D eigenvalue weighted by Crippen LogP contribution is -2.09. The molecule has 59 heavy (non-hydrogen) atoms. The molecule has 0 aromatic heterocycles. The molecule has 0 saturated heterocycles. The van der Waals surface area contributed by atoms with Crippen LogP contribution in [0.1, 0.15) is 0 Å².